The van der Waals surface area contributed by atoms with Crippen LogP contribution in [0.3, 0.4) is 0 Å². The molecule has 1 saturated heterocycles. The summed E-state index contributed by atoms with van der Waals surface area (Å²) >= 11 is 3.58. The molecular weight excluding hydrogens is 408 g/mol. The second-order valence-electron chi connectivity index (χ2n) is 6.59. The number of aliphatic imine (C=N–C) groups is 1. The molecule has 0 bridgehead atoms. The number of fused-ring (bicyclic) bond motifs is 3. The van der Waals surface area contributed by atoms with E-state index in [1.54, 1.807) is 0 Å². The maximum atomic E-state index is 5.42. The molecule has 0 aliphatic carbocycles. The van der Waals surface area contributed by atoms with E-state index in [1.165, 1.54) is 5.69 Å². The van der Waals surface area contributed by atoms with Gasteiger partial charge in [0.15, 0.2) is 0 Å². The first kappa shape index (κ1) is 16.7. The van der Waals surface area contributed by atoms with Gasteiger partial charge in [0, 0.05) is 42.8 Å². The van der Waals surface area contributed by atoms with Crippen LogP contribution in [0.2, 0.25) is 0 Å². The van der Waals surface area contributed by atoms with Crippen LogP contribution in [0.4, 0.5) is 23.1 Å². The van der Waals surface area contributed by atoms with E-state index in [0.717, 1.165) is 66.8 Å². The van der Waals surface area contributed by atoms with E-state index < -0.39 is 0 Å². The molecule has 8 heteroatoms. The average molecular weight is 427 g/mol. The van der Waals surface area contributed by atoms with Crippen molar-refractivity contribution < 1.29 is 4.74 Å². The third kappa shape index (κ3) is 3.19. The van der Waals surface area contributed by atoms with Crippen molar-refractivity contribution >= 4 is 51.0 Å². The van der Waals surface area contributed by atoms with Gasteiger partial charge in [-0.25, -0.2) is 4.98 Å². The fourth-order valence-corrected chi connectivity index (χ4v) is 4.11. The Labute approximate surface area is 165 Å². The number of aromatic nitrogens is 2. The molecule has 3 aliphatic heterocycles. The van der Waals surface area contributed by atoms with Crippen LogP contribution in [0.1, 0.15) is 5.56 Å². The molecule has 138 valence electrons. The first-order valence-electron chi connectivity index (χ1n) is 9.04. The summed E-state index contributed by atoms with van der Waals surface area (Å²) in [6.45, 7) is 5.07. The number of benzene rings is 1. The van der Waals surface area contributed by atoms with Gasteiger partial charge in [0.25, 0.3) is 0 Å². The van der Waals surface area contributed by atoms with Gasteiger partial charge in [-0.3, -0.25) is 4.99 Å². The molecule has 1 aromatic heterocycles. The van der Waals surface area contributed by atoms with Gasteiger partial charge >= 0.3 is 0 Å². The zero-order valence-electron chi connectivity index (χ0n) is 14.7. The number of nitrogens with zero attached hydrogens (tertiary/aromatic N) is 5. The van der Waals surface area contributed by atoms with E-state index in [2.05, 4.69) is 65.3 Å². The maximum absolute atomic E-state index is 5.42. The van der Waals surface area contributed by atoms with Crippen molar-refractivity contribution in [2.75, 3.05) is 54.5 Å². The molecule has 0 atom stereocenters. The molecule has 2 aromatic rings. The number of ether oxygens (including phenoxy) is 1. The monoisotopic (exact) mass is 426 g/mol. The highest BCUT2D eigenvalue weighted by molar-refractivity contribution is 9.12. The van der Waals surface area contributed by atoms with E-state index in [-0.39, 0.29) is 0 Å². The zero-order chi connectivity index (χ0) is 18.2. The summed E-state index contributed by atoms with van der Waals surface area (Å²) in [6.07, 6.45) is 3.88. The summed E-state index contributed by atoms with van der Waals surface area (Å²) in [4.78, 5) is 18.2. The van der Waals surface area contributed by atoms with Crippen molar-refractivity contribution in [1.29, 1.82) is 0 Å². The van der Waals surface area contributed by atoms with Gasteiger partial charge in [0.05, 0.1) is 24.2 Å². The van der Waals surface area contributed by atoms with Gasteiger partial charge in [-0.15, -0.1) is 0 Å². The number of hydrogen-bond acceptors (Lipinski definition) is 7. The third-order valence-corrected chi connectivity index (χ3v) is 5.47. The van der Waals surface area contributed by atoms with E-state index in [0.29, 0.717) is 5.95 Å². The van der Waals surface area contributed by atoms with Gasteiger partial charge in [-0.05, 0) is 46.3 Å². The Kier molecular flexibility index (Phi) is 4.29. The van der Waals surface area contributed by atoms with Crippen molar-refractivity contribution in [3.8, 4) is 0 Å². The van der Waals surface area contributed by atoms with Crippen molar-refractivity contribution in [3.05, 3.63) is 40.5 Å². The van der Waals surface area contributed by atoms with Gasteiger partial charge in [-0.1, -0.05) is 0 Å². The van der Waals surface area contributed by atoms with E-state index in [9.17, 15) is 0 Å². The summed E-state index contributed by atoms with van der Waals surface area (Å²) in [5, 5.41) is 3.31. The predicted octanol–water partition coefficient (Wildman–Crippen LogP) is 3.02. The lowest BCUT2D eigenvalue weighted by atomic mass is 10.2. The van der Waals surface area contributed by atoms with E-state index in [4.69, 9.17) is 9.72 Å². The molecule has 1 fully saturated rings. The normalized spacial score (nSPS) is 18.6. The second-order valence-corrected chi connectivity index (χ2v) is 7.45. The number of morpholine rings is 1. The van der Waals surface area contributed by atoms with Crippen LogP contribution in [0, 0.1) is 0 Å². The van der Waals surface area contributed by atoms with Crippen LogP contribution in [-0.4, -0.2) is 55.2 Å². The molecule has 1 N–H and O–H groups in total. The van der Waals surface area contributed by atoms with Crippen LogP contribution in [0.25, 0.3) is 6.08 Å². The highest BCUT2D eigenvalue weighted by Crippen LogP contribution is 2.33. The summed E-state index contributed by atoms with van der Waals surface area (Å²) in [5.74, 6) is 2.43. The molecule has 7 nitrogen and oxygen atoms in total. The van der Waals surface area contributed by atoms with Gasteiger partial charge in [-0.2, -0.15) is 4.98 Å². The molecule has 0 amide bonds. The zero-order valence-corrected chi connectivity index (χ0v) is 16.3. The Hall–Kier alpha value is -2.45. The molecule has 4 heterocycles. The fraction of sp³-hybridized carbons (Fsp3) is 0.316. The van der Waals surface area contributed by atoms with Gasteiger partial charge < -0.3 is 19.9 Å². The first-order valence-corrected chi connectivity index (χ1v) is 9.84. The number of hydrogen-bond donors (Lipinski definition) is 1. The summed E-state index contributed by atoms with van der Waals surface area (Å²) in [7, 11) is 0. The van der Waals surface area contributed by atoms with Crippen molar-refractivity contribution in [1.82, 2.24) is 9.97 Å². The Bertz CT molecular complexity index is 920. The van der Waals surface area contributed by atoms with Crippen molar-refractivity contribution in [3.63, 3.8) is 0 Å². The molecule has 27 heavy (non-hydrogen) atoms. The molecule has 0 radical (unpaired) electrons. The Morgan fingerprint density at radius 1 is 1.07 bits per heavy atom. The summed E-state index contributed by atoms with van der Waals surface area (Å²) < 4.78 is 6.40. The average Bonchev–Trinajstić information content (AvgIpc) is 3.21. The van der Waals surface area contributed by atoms with Gasteiger partial charge in [0.2, 0.25) is 5.95 Å². The van der Waals surface area contributed by atoms with Crippen molar-refractivity contribution in [2.24, 2.45) is 4.99 Å². The molecule has 0 spiro atoms. The number of nitrogens with one attached hydrogen (secondary N) is 1. The molecule has 3 aliphatic rings. The standard InChI is InChI=1S/C19H19BrN6O/c20-16-11-13-12-22-19(24-17(13)26-6-5-21-18(16)26)23-14-1-3-15(4-2-14)25-7-9-27-10-8-25/h1-4,11-12H,5-10H2,(H,22,23,24). The lowest BCUT2D eigenvalue weighted by Gasteiger charge is -2.29. The van der Waals surface area contributed by atoms with E-state index in [1.807, 2.05) is 12.3 Å². The van der Waals surface area contributed by atoms with E-state index >= 15 is 0 Å². The summed E-state index contributed by atoms with van der Waals surface area (Å²) in [6, 6.07) is 8.37. The van der Waals surface area contributed by atoms with Gasteiger partial charge in [0.1, 0.15) is 11.7 Å². The minimum Gasteiger partial charge on any atom is -0.378 e. The van der Waals surface area contributed by atoms with Crippen molar-refractivity contribution in [2.45, 2.75) is 0 Å². The highest BCUT2D eigenvalue weighted by Gasteiger charge is 2.28. The maximum Gasteiger partial charge on any atom is 0.229 e. The Morgan fingerprint density at radius 2 is 1.89 bits per heavy atom. The second kappa shape index (κ2) is 6.94. The molecule has 5 rings (SSSR count). The number of amidine groups is 1. The lowest BCUT2D eigenvalue weighted by molar-refractivity contribution is 0.122. The number of anilines is 4. The van der Waals surface area contributed by atoms with Crippen LogP contribution >= 0.6 is 15.9 Å². The Morgan fingerprint density at radius 3 is 2.70 bits per heavy atom. The van der Waals surface area contributed by atoms with Crippen LogP contribution in [0.15, 0.2) is 39.9 Å². The molecule has 0 saturated carbocycles. The SMILES string of the molecule is BrC1=Cc2cnc(Nc3ccc(N4CCOCC4)cc3)nc2N2CCN=C12. The van der Waals surface area contributed by atoms with Crippen LogP contribution in [0.5, 0.6) is 0 Å². The minimum absolute atomic E-state index is 0.588. The number of rotatable bonds is 3. The topological polar surface area (TPSA) is 65.9 Å². The Balaban J connectivity index is 1.36. The van der Waals surface area contributed by atoms with Crippen LogP contribution < -0.4 is 15.1 Å². The lowest BCUT2D eigenvalue weighted by Crippen LogP contribution is -2.36. The quantitative estimate of drug-likeness (QED) is 0.813. The largest absolute Gasteiger partial charge is 0.378 e. The minimum atomic E-state index is 0.588. The summed E-state index contributed by atoms with van der Waals surface area (Å²) in [5.41, 5.74) is 3.17. The smallest absolute Gasteiger partial charge is 0.229 e. The highest BCUT2D eigenvalue weighted by atomic mass is 79.9. The molecule has 1 aromatic carbocycles. The first-order chi connectivity index (χ1) is 13.3. The fourth-order valence-electron chi connectivity index (χ4n) is 3.53. The predicted molar refractivity (Wildman–Crippen MR) is 111 cm³/mol. The molecule has 0 unspecified atom stereocenters. The third-order valence-electron chi connectivity index (χ3n) is 4.89. The number of halogens is 1. The van der Waals surface area contributed by atoms with Crippen LogP contribution in [-0.2, 0) is 4.74 Å². The molecular formula is C19H19BrN6O.